The van der Waals surface area contributed by atoms with E-state index in [9.17, 15) is 0 Å². The van der Waals surface area contributed by atoms with Gasteiger partial charge >= 0.3 is 0 Å². The van der Waals surface area contributed by atoms with Crippen LogP contribution < -0.4 is 11.1 Å². The number of hydrogen-bond donors (Lipinski definition) is 2. The van der Waals surface area contributed by atoms with Gasteiger partial charge in [-0.1, -0.05) is 18.2 Å². The van der Waals surface area contributed by atoms with Crippen LogP contribution in [0.3, 0.4) is 0 Å². The second-order valence-electron chi connectivity index (χ2n) is 3.17. The molecule has 15 heavy (non-hydrogen) atoms. The van der Waals surface area contributed by atoms with E-state index in [1.54, 1.807) is 0 Å². The minimum absolute atomic E-state index is 0. The highest BCUT2D eigenvalue weighted by molar-refractivity contribution is 8.93. The quantitative estimate of drug-likeness (QED) is 0.831. The fraction of sp³-hybridized carbons (Fsp3) is 0.300. The lowest BCUT2D eigenvalue weighted by Crippen LogP contribution is -2.27. The van der Waals surface area contributed by atoms with Gasteiger partial charge in [0.05, 0.1) is 6.04 Å². The number of thioether (sulfide) groups is 1. The molecule has 5 heteroatoms. The third-order valence-corrected chi connectivity index (χ3v) is 3.18. The molecule has 0 spiro atoms. The Bertz CT molecular complexity index is 329. The van der Waals surface area contributed by atoms with E-state index >= 15 is 0 Å². The van der Waals surface area contributed by atoms with Crippen LogP contribution in [0.4, 0.5) is 0 Å². The monoisotopic (exact) mass is 287 g/mol. The molecule has 0 amide bonds. The Kier molecular flexibility index (Phi) is 4.98. The Labute approximate surface area is 104 Å². The summed E-state index contributed by atoms with van der Waals surface area (Å²) in [6, 6.07) is 10.7. The third-order valence-electron chi connectivity index (χ3n) is 2.03. The predicted octanol–water partition coefficient (Wildman–Crippen LogP) is 1.64. The second-order valence-corrected chi connectivity index (χ2v) is 4.27. The summed E-state index contributed by atoms with van der Waals surface area (Å²) in [6.45, 7) is 0.867. The fourth-order valence-corrected chi connectivity index (χ4v) is 2.24. The van der Waals surface area contributed by atoms with Crippen molar-refractivity contribution in [2.45, 2.75) is 10.9 Å². The van der Waals surface area contributed by atoms with Gasteiger partial charge in [-0.05, 0) is 12.1 Å². The number of hydrogen-bond acceptors (Lipinski definition) is 4. The van der Waals surface area contributed by atoms with Gasteiger partial charge in [0.15, 0.2) is 5.96 Å². The van der Waals surface area contributed by atoms with E-state index in [-0.39, 0.29) is 17.0 Å². The lowest BCUT2D eigenvalue weighted by molar-refractivity contribution is 0.775. The molecule has 0 aliphatic carbocycles. The van der Waals surface area contributed by atoms with Crippen LogP contribution in [-0.2, 0) is 0 Å². The number of nitrogens with zero attached hydrogens (tertiary/aromatic N) is 1. The molecule has 3 nitrogen and oxygen atoms in total. The van der Waals surface area contributed by atoms with E-state index in [0.29, 0.717) is 12.0 Å². The number of guanidine groups is 1. The van der Waals surface area contributed by atoms with E-state index in [1.807, 2.05) is 30.0 Å². The van der Waals surface area contributed by atoms with Crippen LogP contribution in [0.15, 0.2) is 40.2 Å². The summed E-state index contributed by atoms with van der Waals surface area (Å²) in [5, 5.41) is 3.02. The molecule has 2 rings (SSSR count). The average Bonchev–Trinajstić information content (AvgIpc) is 2.63. The van der Waals surface area contributed by atoms with E-state index in [2.05, 4.69) is 22.4 Å². The van der Waals surface area contributed by atoms with Crippen LogP contribution in [0.5, 0.6) is 0 Å². The molecule has 0 aromatic heterocycles. The molecule has 1 aliphatic heterocycles. The highest BCUT2D eigenvalue weighted by Gasteiger charge is 2.14. The van der Waals surface area contributed by atoms with Gasteiger partial charge < -0.3 is 11.1 Å². The van der Waals surface area contributed by atoms with Gasteiger partial charge in [-0.25, -0.2) is 4.99 Å². The fourth-order valence-electron chi connectivity index (χ4n) is 1.32. The molecule has 1 atom stereocenters. The van der Waals surface area contributed by atoms with Gasteiger partial charge in [-0.2, -0.15) is 0 Å². The minimum Gasteiger partial charge on any atom is -0.370 e. The molecular formula is C10H14BrN3S. The zero-order chi connectivity index (χ0) is 9.80. The largest absolute Gasteiger partial charge is 0.370 e. The highest BCUT2D eigenvalue weighted by Crippen LogP contribution is 2.19. The summed E-state index contributed by atoms with van der Waals surface area (Å²) in [7, 11) is 0. The van der Waals surface area contributed by atoms with Gasteiger partial charge in [0.1, 0.15) is 0 Å². The first kappa shape index (κ1) is 12.4. The molecule has 1 aliphatic rings. The van der Waals surface area contributed by atoms with Crippen LogP contribution in [0.2, 0.25) is 0 Å². The van der Waals surface area contributed by atoms with Crippen molar-refractivity contribution in [2.75, 3.05) is 12.3 Å². The Morgan fingerprint density at radius 1 is 1.40 bits per heavy atom. The number of nitrogens with two attached hydrogens (primary N) is 1. The number of halogens is 1. The smallest absolute Gasteiger partial charge is 0.189 e. The van der Waals surface area contributed by atoms with Gasteiger partial charge in [0.25, 0.3) is 0 Å². The van der Waals surface area contributed by atoms with E-state index in [1.165, 1.54) is 4.90 Å². The zero-order valence-electron chi connectivity index (χ0n) is 8.22. The molecular weight excluding hydrogens is 274 g/mol. The van der Waals surface area contributed by atoms with Crippen molar-refractivity contribution in [2.24, 2.45) is 10.7 Å². The Hall–Kier alpha value is -0.680. The molecule has 0 unspecified atom stereocenters. The maximum atomic E-state index is 5.52. The molecule has 0 radical (unpaired) electrons. The van der Waals surface area contributed by atoms with Crippen LogP contribution in [0, 0.1) is 0 Å². The average molecular weight is 288 g/mol. The van der Waals surface area contributed by atoms with Crippen molar-refractivity contribution in [3.63, 3.8) is 0 Å². The predicted molar refractivity (Wildman–Crippen MR) is 70.9 cm³/mol. The summed E-state index contributed by atoms with van der Waals surface area (Å²) >= 11 is 1.82. The number of benzene rings is 1. The van der Waals surface area contributed by atoms with Crippen LogP contribution in [0.1, 0.15) is 0 Å². The number of nitrogens with one attached hydrogen (secondary N) is 1. The molecule has 1 aromatic carbocycles. The topological polar surface area (TPSA) is 50.4 Å². The normalized spacial score (nSPS) is 18.9. The summed E-state index contributed by atoms with van der Waals surface area (Å²) in [5.74, 6) is 1.56. The van der Waals surface area contributed by atoms with Crippen molar-refractivity contribution in [3.05, 3.63) is 30.3 Å². The van der Waals surface area contributed by atoms with Crippen LogP contribution >= 0.6 is 28.7 Å². The van der Waals surface area contributed by atoms with Gasteiger partial charge in [-0.15, -0.1) is 28.7 Å². The molecule has 0 fully saturated rings. The summed E-state index contributed by atoms with van der Waals surface area (Å²) in [4.78, 5) is 5.55. The van der Waals surface area contributed by atoms with E-state index < -0.39 is 0 Å². The summed E-state index contributed by atoms with van der Waals surface area (Å²) < 4.78 is 0. The lowest BCUT2D eigenvalue weighted by Gasteiger charge is -2.04. The first-order valence-electron chi connectivity index (χ1n) is 4.59. The zero-order valence-corrected chi connectivity index (χ0v) is 10.7. The van der Waals surface area contributed by atoms with E-state index in [4.69, 9.17) is 5.73 Å². The first-order chi connectivity index (χ1) is 6.84. The second kappa shape index (κ2) is 6.02. The standard InChI is InChI=1S/C10H13N3S.BrH/c11-10-12-6-8(13-10)7-14-9-4-2-1-3-5-9;/h1-5,8H,6-7H2,(H3,11,12,13);1H/t8-;/m1./s1. The maximum Gasteiger partial charge on any atom is 0.189 e. The lowest BCUT2D eigenvalue weighted by atomic mass is 10.4. The van der Waals surface area contributed by atoms with Gasteiger partial charge in [-0.3, -0.25) is 0 Å². The van der Waals surface area contributed by atoms with Crippen molar-refractivity contribution in [1.29, 1.82) is 0 Å². The van der Waals surface area contributed by atoms with Gasteiger partial charge in [0, 0.05) is 17.2 Å². The third kappa shape index (κ3) is 3.76. The highest BCUT2D eigenvalue weighted by atomic mass is 79.9. The Balaban J connectivity index is 0.00000112. The van der Waals surface area contributed by atoms with Crippen molar-refractivity contribution < 1.29 is 0 Å². The summed E-state index contributed by atoms with van der Waals surface area (Å²) in [5.41, 5.74) is 5.52. The van der Waals surface area contributed by atoms with Crippen LogP contribution in [0.25, 0.3) is 0 Å². The van der Waals surface area contributed by atoms with Crippen molar-refractivity contribution >= 4 is 34.7 Å². The molecule has 1 heterocycles. The number of aliphatic imine (C=N–C) groups is 1. The molecule has 0 bridgehead atoms. The van der Waals surface area contributed by atoms with Crippen molar-refractivity contribution in [3.8, 4) is 0 Å². The Morgan fingerprint density at radius 3 is 2.73 bits per heavy atom. The summed E-state index contributed by atoms with van der Waals surface area (Å²) in [6.07, 6.45) is 0. The first-order valence-corrected chi connectivity index (χ1v) is 5.58. The van der Waals surface area contributed by atoms with Crippen LogP contribution in [-0.4, -0.2) is 24.3 Å². The molecule has 0 saturated carbocycles. The molecule has 1 aromatic rings. The maximum absolute atomic E-state index is 5.52. The van der Waals surface area contributed by atoms with Crippen molar-refractivity contribution in [1.82, 2.24) is 5.32 Å². The molecule has 3 N–H and O–H groups in total. The number of rotatable bonds is 3. The Morgan fingerprint density at radius 2 is 2.13 bits per heavy atom. The molecule has 0 saturated heterocycles. The van der Waals surface area contributed by atoms with E-state index in [0.717, 1.165) is 12.3 Å². The van der Waals surface area contributed by atoms with Gasteiger partial charge in [0.2, 0.25) is 0 Å². The minimum atomic E-state index is 0. The molecule has 82 valence electrons. The SMILES string of the molecule is Br.NC1=N[C@@H](CSc2ccccc2)CN1.